The van der Waals surface area contributed by atoms with Gasteiger partial charge in [0, 0.05) is 5.69 Å². The first-order valence-corrected chi connectivity index (χ1v) is 6.90. The molecule has 1 aromatic heterocycles. The fraction of sp³-hybridized carbons (Fsp3) is 0.312. The van der Waals surface area contributed by atoms with E-state index in [4.69, 9.17) is 5.11 Å². The molecule has 0 aliphatic heterocycles. The molecule has 2 aromatic rings. The fourth-order valence-electron chi connectivity index (χ4n) is 1.93. The topological polar surface area (TPSA) is 84.2 Å². The molecule has 1 aromatic carbocycles. The van der Waals surface area contributed by atoms with Crippen molar-refractivity contribution in [1.29, 1.82) is 0 Å². The second kappa shape index (κ2) is 5.63. The Morgan fingerprint density at radius 2 is 1.77 bits per heavy atom. The number of aromatic nitrogens is 2. The zero-order valence-electron chi connectivity index (χ0n) is 13.0. The zero-order chi connectivity index (χ0) is 16.5. The van der Waals surface area contributed by atoms with Crippen molar-refractivity contribution in [3.8, 4) is 5.69 Å². The molecule has 0 aliphatic carbocycles. The first kappa shape index (κ1) is 15.8. The largest absolute Gasteiger partial charge is 0.480 e. The van der Waals surface area contributed by atoms with Gasteiger partial charge in [-0.3, -0.25) is 4.79 Å². The van der Waals surface area contributed by atoms with Crippen molar-refractivity contribution in [3.63, 3.8) is 0 Å². The lowest BCUT2D eigenvalue weighted by molar-refractivity contribution is -0.143. The number of nitrogens with zero attached hydrogens (tertiary/aromatic N) is 2. The summed E-state index contributed by atoms with van der Waals surface area (Å²) >= 11 is 0. The van der Waals surface area contributed by atoms with E-state index in [2.05, 4.69) is 10.4 Å². The van der Waals surface area contributed by atoms with Gasteiger partial charge in [-0.1, -0.05) is 17.7 Å². The third kappa shape index (κ3) is 3.16. The lowest BCUT2D eigenvalue weighted by atomic mass is 10.1. The van der Waals surface area contributed by atoms with Gasteiger partial charge in [0.05, 0.1) is 5.69 Å². The van der Waals surface area contributed by atoms with Crippen molar-refractivity contribution in [3.05, 3.63) is 47.3 Å². The number of hydrogen-bond acceptors (Lipinski definition) is 3. The van der Waals surface area contributed by atoms with Crippen molar-refractivity contribution in [2.24, 2.45) is 0 Å². The standard InChI is InChI=1S/C16H19N3O3/c1-10-5-7-12(8-6-10)19-11(2)9-13(18-19)14(20)17-16(3,4)15(21)22/h5-9H,1-4H3,(H,17,20)(H,21,22). The highest BCUT2D eigenvalue weighted by Crippen LogP contribution is 2.14. The number of hydrogen-bond donors (Lipinski definition) is 2. The Kier molecular flexibility index (Phi) is 4.03. The van der Waals surface area contributed by atoms with E-state index >= 15 is 0 Å². The first-order valence-electron chi connectivity index (χ1n) is 6.90. The summed E-state index contributed by atoms with van der Waals surface area (Å²) in [7, 11) is 0. The summed E-state index contributed by atoms with van der Waals surface area (Å²) < 4.78 is 1.65. The number of aliphatic carboxylic acids is 1. The molecule has 0 bridgehead atoms. The fourth-order valence-corrected chi connectivity index (χ4v) is 1.93. The molecule has 0 spiro atoms. The van der Waals surface area contributed by atoms with E-state index in [9.17, 15) is 9.59 Å². The van der Waals surface area contributed by atoms with E-state index in [-0.39, 0.29) is 5.69 Å². The smallest absolute Gasteiger partial charge is 0.328 e. The Balaban J connectivity index is 2.28. The van der Waals surface area contributed by atoms with Gasteiger partial charge < -0.3 is 10.4 Å². The van der Waals surface area contributed by atoms with E-state index in [1.807, 2.05) is 38.1 Å². The Bertz CT molecular complexity index is 715. The van der Waals surface area contributed by atoms with Gasteiger partial charge in [0.25, 0.3) is 5.91 Å². The average Bonchev–Trinajstić information content (AvgIpc) is 2.81. The summed E-state index contributed by atoms with van der Waals surface area (Å²) in [5.74, 6) is -1.61. The minimum Gasteiger partial charge on any atom is -0.480 e. The second-order valence-electron chi connectivity index (χ2n) is 5.80. The van der Waals surface area contributed by atoms with Crippen LogP contribution in [0.1, 0.15) is 35.6 Å². The Morgan fingerprint density at radius 1 is 1.18 bits per heavy atom. The molecule has 0 aliphatic rings. The van der Waals surface area contributed by atoms with Crippen LogP contribution < -0.4 is 5.32 Å². The molecule has 0 saturated carbocycles. The normalized spacial score (nSPS) is 11.3. The SMILES string of the molecule is Cc1ccc(-n2nc(C(=O)NC(C)(C)C(=O)O)cc2C)cc1. The lowest BCUT2D eigenvalue weighted by Crippen LogP contribution is -2.49. The van der Waals surface area contributed by atoms with Crippen molar-refractivity contribution < 1.29 is 14.7 Å². The summed E-state index contributed by atoms with van der Waals surface area (Å²) in [5.41, 5.74) is 1.61. The number of carboxylic acid groups (broad SMARTS) is 1. The van der Waals surface area contributed by atoms with Crippen LogP contribution in [0.5, 0.6) is 0 Å². The van der Waals surface area contributed by atoms with Gasteiger partial charge in [-0.2, -0.15) is 5.10 Å². The van der Waals surface area contributed by atoms with Gasteiger partial charge in [0.1, 0.15) is 5.54 Å². The van der Waals surface area contributed by atoms with Crippen LogP contribution in [0.15, 0.2) is 30.3 Å². The van der Waals surface area contributed by atoms with E-state index in [0.29, 0.717) is 0 Å². The Labute approximate surface area is 128 Å². The third-order valence-corrected chi connectivity index (χ3v) is 3.36. The number of benzene rings is 1. The highest BCUT2D eigenvalue weighted by Gasteiger charge is 2.30. The van der Waals surface area contributed by atoms with Crippen LogP contribution in [-0.4, -0.2) is 32.3 Å². The number of aryl methyl sites for hydroxylation is 2. The molecule has 2 N–H and O–H groups in total. The van der Waals surface area contributed by atoms with Gasteiger partial charge in [-0.25, -0.2) is 9.48 Å². The monoisotopic (exact) mass is 301 g/mol. The van der Waals surface area contributed by atoms with Crippen LogP contribution in [0.25, 0.3) is 5.69 Å². The zero-order valence-corrected chi connectivity index (χ0v) is 13.0. The number of carbonyl (C=O) groups excluding carboxylic acids is 1. The van der Waals surface area contributed by atoms with Crippen molar-refractivity contribution in [2.45, 2.75) is 33.2 Å². The highest BCUT2D eigenvalue weighted by molar-refractivity contribution is 5.96. The molecular formula is C16H19N3O3. The van der Waals surface area contributed by atoms with E-state index in [1.165, 1.54) is 13.8 Å². The summed E-state index contributed by atoms with van der Waals surface area (Å²) in [5, 5.41) is 15.8. The van der Waals surface area contributed by atoms with E-state index < -0.39 is 17.4 Å². The van der Waals surface area contributed by atoms with Crippen LogP contribution in [0.3, 0.4) is 0 Å². The molecule has 1 amide bonds. The predicted octanol–water partition coefficient (Wildman–Crippen LogP) is 2.08. The summed E-state index contributed by atoms with van der Waals surface area (Å²) in [4.78, 5) is 23.2. The maximum absolute atomic E-state index is 12.2. The molecule has 6 nitrogen and oxygen atoms in total. The number of amides is 1. The first-order chi connectivity index (χ1) is 10.2. The molecule has 0 atom stereocenters. The molecule has 22 heavy (non-hydrogen) atoms. The van der Waals surface area contributed by atoms with Crippen LogP contribution >= 0.6 is 0 Å². The Morgan fingerprint density at radius 3 is 2.32 bits per heavy atom. The molecule has 0 fully saturated rings. The maximum atomic E-state index is 12.2. The van der Waals surface area contributed by atoms with Gasteiger partial charge in [-0.05, 0) is 45.9 Å². The average molecular weight is 301 g/mol. The third-order valence-electron chi connectivity index (χ3n) is 3.36. The minimum absolute atomic E-state index is 0.187. The van der Waals surface area contributed by atoms with Crippen LogP contribution in [-0.2, 0) is 4.79 Å². The van der Waals surface area contributed by atoms with Gasteiger partial charge >= 0.3 is 5.97 Å². The summed E-state index contributed by atoms with van der Waals surface area (Å²) in [6.07, 6.45) is 0. The molecule has 1 heterocycles. The van der Waals surface area contributed by atoms with Crippen molar-refractivity contribution in [1.82, 2.24) is 15.1 Å². The minimum atomic E-state index is -1.35. The summed E-state index contributed by atoms with van der Waals surface area (Å²) in [6.45, 7) is 6.69. The lowest BCUT2D eigenvalue weighted by Gasteiger charge is -2.20. The predicted molar refractivity (Wildman–Crippen MR) is 82.2 cm³/mol. The number of rotatable bonds is 4. The molecule has 116 valence electrons. The molecular weight excluding hydrogens is 282 g/mol. The van der Waals surface area contributed by atoms with E-state index in [1.54, 1.807) is 10.7 Å². The van der Waals surface area contributed by atoms with Crippen LogP contribution in [0.2, 0.25) is 0 Å². The highest BCUT2D eigenvalue weighted by atomic mass is 16.4. The van der Waals surface area contributed by atoms with E-state index in [0.717, 1.165) is 16.9 Å². The molecule has 0 saturated heterocycles. The second-order valence-corrected chi connectivity index (χ2v) is 5.80. The molecule has 0 radical (unpaired) electrons. The number of nitrogens with one attached hydrogen (secondary N) is 1. The van der Waals surface area contributed by atoms with Crippen LogP contribution in [0, 0.1) is 13.8 Å². The van der Waals surface area contributed by atoms with Crippen molar-refractivity contribution in [2.75, 3.05) is 0 Å². The van der Waals surface area contributed by atoms with Gasteiger partial charge in [-0.15, -0.1) is 0 Å². The van der Waals surface area contributed by atoms with Gasteiger partial charge in [0.2, 0.25) is 0 Å². The van der Waals surface area contributed by atoms with Gasteiger partial charge in [0.15, 0.2) is 5.69 Å². The Hall–Kier alpha value is -2.63. The number of carbonyl (C=O) groups is 2. The summed E-state index contributed by atoms with van der Waals surface area (Å²) in [6, 6.07) is 9.39. The maximum Gasteiger partial charge on any atom is 0.328 e. The number of carboxylic acids is 1. The molecule has 2 rings (SSSR count). The molecule has 6 heteroatoms. The quantitative estimate of drug-likeness (QED) is 0.905. The molecule has 0 unspecified atom stereocenters. The van der Waals surface area contributed by atoms with Crippen LogP contribution in [0.4, 0.5) is 0 Å². The van der Waals surface area contributed by atoms with Crippen molar-refractivity contribution >= 4 is 11.9 Å².